The van der Waals surface area contributed by atoms with Crippen molar-refractivity contribution in [3.63, 3.8) is 0 Å². The fourth-order valence-corrected chi connectivity index (χ4v) is 6.04. The molecule has 0 aliphatic carbocycles. The highest BCUT2D eigenvalue weighted by Crippen LogP contribution is 2.49. The largest absolute Gasteiger partial charge is 0.379 e. The van der Waals surface area contributed by atoms with Gasteiger partial charge in [-0.1, -0.05) is 54.6 Å². The van der Waals surface area contributed by atoms with Gasteiger partial charge in [0.2, 0.25) is 5.91 Å². The Kier molecular flexibility index (Phi) is 6.48. The molecule has 12 heteroatoms. The minimum absolute atomic E-state index is 0.0273. The van der Waals surface area contributed by atoms with E-state index in [2.05, 4.69) is 0 Å². The van der Waals surface area contributed by atoms with Gasteiger partial charge < -0.3 is 4.18 Å². The number of carbonyl (C=O) groups is 2. The van der Waals surface area contributed by atoms with Crippen LogP contribution in [0.4, 0.5) is 17.1 Å². The SMILES string of the molecule is O=C1C2ON(c3ccccc3)C(c3ccccc3OS(=O)(=O)c3ccccc3)C2C(=O)N1c1ccc([N+](=O)[O-])cc1. The van der Waals surface area contributed by atoms with E-state index in [9.17, 15) is 28.1 Å². The normalized spacial score (nSPS) is 20.2. The molecule has 0 saturated carbocycles. The number of carbonyl (C=O) groups excluding carboxylic acids is 2. The molecule has 0 radical (unpaired) electrons. The van der Waals surface area contributed by atoms with Gasteiger partial charge in [-0.3, -0.25) is 24.5 Å². The number of benzene rings is 4. The Hall–Kier alpha value is -5.07. The van der Waals surface area contributed by atoms with E-state index in [1.165, 1.54) is 47.5 Å². The van der Waals surface area contributed by atoms with Crippen LogP contribution in [0.25, 0.3) is 0 Å². The van der Waals surface area contributed by atoms with Gasteiger partial charge in [0.25, 0.3) is 11.6 Å². The number of non-ortho nitro benzene ring substituents is 1. The smallest absolute Gasteiger partial charge is 0.339 e. The summed E-state index contributed by atoms with van der Waals surface area (Å²) in [5, 5.41) is 12.5. The van der Waals surface area contributed by atoms with Crippen LogP contribution >= 0.6 is 0 Å². The molecule has 11 nitrogen and oxygen atoms in total. The third kappa shape index (κ3) is 4.58. The third-order valence-corrected chi connectivity index (χ3v) is 8.16. The molecule has 2 aliphatic rings. The molecule has 6 rings (SSSR count). The second-order valence-corrected chi connectivity index (χ2v) is 10.9. The highest BCUT2D eigenvalue weighted by Gasteiger charge is 2.60. The molecule has 2 aliphatic heterocycles. The molecule has 0 N–H and O–H groups in total. The van der Waals surface area contributed by atoms with E-state index in [1.54, 1.807) is 66.7 Å². The van der Waals surface area contributed by atoms with Crippen molar-refractivity contribution in [3.8, 4) is 5.75 Å². The lowest BCUT2D eigenvalue weighted by molar-refractivity contribution is -0.384. The summed E-state index contributed by atoms with van der Waals surface area (Å²) in [6.45, 7) is 0. The zero-order chi connectivity index (χ0) is 28.7. The number of para-hydroxylation sites is 2. The fourth-order valence-electron chi connectivity index (χ4n) is 5.06. The Morgan fingerprint density at radius 2 is 1.37 bits per heavy atom. The molecule has 4 aromatic carbocycles. The minimum atomic E-state index is -4.24. The molecular formula is C29H21N3O8S. The Balaban J connectivity index is 1.43. The van der Waals surface area contributed by atoms with Gasteiger partial charge in [0.05, 0.1) is 22.3 Å². The molecule has 3 atom stereocenters. The van der Waals surface area contributed by atoms with Crippen LogP contribution in [0.5, 0.6) is 5.75 Å². The number of rotatable bonds is 7. The number of nitrogens with zero attached hydrogens (tertiary/aromatic N) is 3. The summed E-state index contributed by atoms with van der Waals surface area (Å²) in [4.78, 5) is 45.0. The number of hydroxylamine groups is 1. The van der Waals surface area contributed by atoms with Crippen LogP contribution in [0.3, 0.4) is 0 Å². The number of fused-ring (bicyclic) bond motifs is 1. The number of imide groups is 1. The number of nitro groups is 1. The number of hydrogen-bond donors (Lipinski definition) is 0. The first kappa shape index (κ1) is 26.2. The van der Waals surface area contributed by atoms with Crippen molar-refractivity contribution in [2.75, 3.05) is 9.96 Å². The van der Waals surface area contributed by atoms with Crippen molar-refractivity contribution >= 4 is 39.0 Å². The average Bonchev–Trinajstić information content (AvgIpc) is 3.49. The molecule has 0 aromatic heterocycles. The highest BCUT2D eigenvalue weighted by atomic mass is 32.2. The summed E-state index contributed by atoms with van der Waals surface area (Å²) in [5.41, 5.74) is 0.818. The number of amides is 2. The molecule has 206 valence electrons. The summed E-state index contributed by atoms with van der Waals surface area (Å²) in [6, 6.07) is 26.9. The highest BCUT2D eigenvalue weighted by molar-refractivity contribution is 7.87. The minimum Gasteiger partial charge on any atom is -0.379 e. The summed E-state index contributed by atoms with van der Waals surface area (Å²) < 4.78 is 31.9. The summed E-state index contributed by atoms with van der Waals surface area (Å²) >= 11 is 0. The molecule has 2 fully saturated rings. The maximum Gasteiger partial charge on any atom is 0.339 e. The maximum absolute atomic E-state index is 13.9. The fraction of sp³-hybridized carbons (Fsp3) is 0.103. The predicted octanol–water partition coefficient (Wildman–Crippen LogP) is 4.41. The summed E-state index contributed by atoms with van der Waals surface area (Å²) in [5.74, 6) is -2.35. The first-order chi connectivity index (χ1) is 19.8. The number of anilines is 2. The second kappa shape index (κ2) is 10.2. The molecule has 0 bridgehead atoms. The van der Waals surface area contributed by atoms with E-state index < -0.39 is 44.9 Å². The standard InChI is InChI=1S/C29H21N3O8S/c33-28-25-26(23-13-7-8-14-24(23)40-41(37,38)22-11-5-2-6-12-22)31(20-9-3-1-4-10-20)39-27(25)29(34)30(28)19-15-17-21(18-16-19)32(35)36/h1-18,25-27H. The van der Waals surface area contributed by atoms with Gasteiger partial charge >= 0.3 is 10.1 Å². The molecule has 41 heavy (non-hydrogen) atoms. The summed E-state index contributed by atoms with van der Waals surface area (Å²) in [6.07, 6.45) is -1.23. The Bertz CT molecular complexity index is 1750. The van der Waals surface area contributed by atoms with E-state index in [1.807, 2.05) is 0 Å². The number of hydrogen-bond acceptors (Lipinski definition) is 9. The van der Waals surface area contributed by atoms with Gasteiger partial charge in [0.15, 0.2) is 6.10 Å². The zero-order valence-electron chi connectivity index (χ0n) is 21.1. The van der Waals surface area contributed by atoms with Crippen molar-refractivity contribution in [2.45, 2.75) is 17.0 Å². The lowest BCUT2D eigenvalue weighted by Gasteiger charge is -2.29. The molecule has 4 aromatic rings. The molecular weight excluding hydrogens is 550 g/mol. The van der Waals surface area contributed by atoms with E-state index in [4.69, 9.17) is 9.02 Å². The molecule has 2 heterocycles. The van der Waals surface area contributed by atoms with Gasteiger partial charge in [-0.25, -0.2) is 9.96 Å². The first-order valence-corrected chi connectivity index (χ1v) is 13.9. The van der Waals surface area contributed by atoms with E-state index >= 15 is 0 Å². The van der Waals surface area contributed by atoms with Crippen LogP contribution in [0, 0.1) is 16.0 Å². The van der Waals surface area contributed by atoms with Gasteiger partial charge in [-0.05, 0) is 42.5 Å². The zero-order valence-corrected chi connectivity index (χ0v) is 22.0. The van der Waals surface area contributed by atoms with Crippen LogP contribution in [0.1, 0.15) is 11.6 Å². The van der Waals surface area contributed by atoms with E-state index in [0.717, 1.165) is 4.90 Å². The number of nitro benzene ring substituents is 1. The van der Waals surface area contributed by atoms with Crippen molar-refractivity contribution in [1.29, 1.82) is 0 Å². The monoisotopic (exact) mass is 571 g/mol. The van der Waals surface area contributed by atoms with Crippen LogP contribution in [0.15, 0.2) is 114 Å². The van der Waals surface area contributed by atoms with Gasteiger partial charge in [0.1, 0.15) is 16.6 Å². The second-order valence-electron chi connectivity index (χ2n) is 9.33. The third-order valence-electron chi connectivity index (χ3n) is 6.91. The molecule has 2 saturated heterocycles. The maximum atomic E-state index is 13.9. The van der Waals surface area contributed by atoms with E-state index in [0.29, 0.717) is 11.3 Å². The van der Waals surface area contributed by atoms with Crippen LogP contribution in [-0.2, 0) is 24.5 Å². The quantitative estimate of drug-likeness (QED) is 0.137. The van der Waals surface area contributed by atoms with Crippen LogP contribution in [0.2, 0.25) is 0 Å². The predicted molar refractivity (Wildman–Crippen MR) is 146 cm³/mol. The molecule has 2 amide bonds. The lowest BCUT2D eigenvalue weighted by Crippen LogP contribution is -2.37. The van der Waals surface area contributed by atoms with Crippen LogP contribution < -0.4 is 14.1 Å². The lowest BCUT2D eigenvalue weighted by atomic mass is 9.90. The first-order valence-electron chi connectivity index (χ1n) is 12.5. The van der Waals surface area contributed by atoms with Crippen molar-refractivity contribution in [2.24, 2.45) is 5.92 Å². The summed E-state index contributed by atoms with van der Waals surface area (Å²) in [7, 11) is -4.24. The Morgan fingerprint density at radius 3 is 2.02 bits per heavy atom. The van der Waals surface area contributed by atoms with Crippen molar-refractivity contribution in [1.82, 2.24) is 0 Å². The Labute approximate surface area is 234 Å². The van der Waals surface area contributed by atoms with E-state index in [-0.39, 0.29) is 22.0 Å². The van der Waals surface area contributed by atoms with Gasteiger partial charge in [0, 0.05) is 17.7 Å². The van der Waals surface area contributed by atoms with Crippen molar-refractivity contribution < 1.29 is 32.0 Å². The molecule has 0 spiro atoms. The van der Waals surface area contributed by atoms with Crippen molar-refractivity contribution in [3.05, 3.63) is 125 Å². The Morgan fingerprint density at radius 1 is 0.756 bits per heavy atom. The average molecular weight is 572 g/mol. The van der Waals surface area contributed by atoms with Gasteiger partial charge in [-0.15, -0.1) is 0 Å². The van der Waals surface area contributed by atoms with Crippen LogP contribution in [-0.4, -0.2) is 31.3 Å². The van der Waals surface area contributed by atoms with Gasteiger partial charge in [-0.2, -0.15) is 8.42 Å². The topological polar surface area (TPSA) is 136 Å². The molecule has 3 unspecified atom stereocenters.